The normalized spacial score (nSPS) is 20.2. The molecule has 0 aliphatic carbocycles. The van der Waals surface area contributed by atoms with Gasteiger partial charge in [-0.1, -0.05) is 22.0 Å². The molecule has 1 aliphatic heterocycles. The number of hydrogen-bond donors (Lipinski definition) is 2. The number of aliphatic hydroxyl groups excluding tert-OH is 1. The van der Waals surface area contributed by atoms with E-state index in [0.29, 0.717) is 12.5 Å². The molecule has 0 bridgehead atoms. The molecule has 1 aliphatic rings. The zero-order valence-corrected chi connectivity index (χ0v) is 12.4. The summed E-state index contributed by atoms with van der Waals surface area (Å²) in [7, 11) is 0. The molecular weight excluding hydrogens is 308 g/mol. The number of piperidine rings is 1. The van der Waals surface area contributed by atoms with Crippen molar-refractivity contribution in [2.75, 3.05) is 31.6 Å². The number of aliphatic hydroxyl groups is 1. The summed E-state index contributed by atoms with van der Waals surface area (Å²) >= 11 is 3.38. The molecule has 1 unspecified atom stereocenters. The van der Waals surface area contributed by atoms with Crippen LogP contribution in [-0.4, -0.2) is 42.2 Å². The summed E-state index contributed by atoms with van der Waals surface area (Å²) < 4.78 is 0.948. The van der Waals surface area contributed by atoms with E-state index in [9.17, 15) is 9.90 Å². The van der Waals surface area contributed by atoms with Crippen LogP contribution < -0.4 is 5.32 Å². The van der Waals surface area contributed by atoms with Crippen molar-refractivity contribution in [3.8, 4) is 0 Å². The van der Waals surface area contributed by atoms with Gasteiger partial charge in [-0.15, -0.1) is 0 Å². The fourth-order valence-electron chi connectivity index (χ4n) is 2.41. The van der Waals surface area contributed by atoms with Crippen molar-refractivity contribution < 1.29 is 9.90 Å². The van der Waals surface area contributed by atoms with E-state index in [1.165, 1.54) is 0 Å². The van der Waals surface area contributed by atoms with Gasteiger partial charge in [0.1, 0.15) is 0 Å². The van der Waals surface area contributed by atoms with E-state index >= 15 is 0 Å². The molecule has 1 heterocycles. The van der Waals surface area contributed by atoms with Gasteiger partial charge in [-0.3, -0.25) is 9.69 Å². The van der Waals surface area contributed by atoms with Crippen molar-refractivity contribution >= 4 is 27.5 Å². The molecule has 5 heteroatoms. The Kier molecular flexibility index (Phi) is 5.36. The Balaban J connectivity index is 1.84. The molecule has 4 nitrogen and oxygen atoms in total. The molecule has 0 saturated carbocycles. The zero-order valence-electron chi connectivity index (χ0n) is 10.8. The minimum Gasteiger partial charge on any atom is -0.396 e. The highest BCUT2D eigenvalue weighted by Crippen LogP contribution is 2.17. The minimum atomic E-state index is -0.00307. The number of likely N-dealkylation sites (tertiary alicyclic amines) is 1. The number of anilines is 1. The van der Waals surface area contributed by atoms with E-state index in [0.717, 1.165) is 36.1 Å². The average Bonchev–Trinajstić information content (AvgIpc) is 2.38. The van der Waals surface area contributed by atoms with E-state index in [2.05, 4.69) is 26.1 Å². The fourth-order valence-corrected chi connectivity index (χ4v) is 2.81. The van der Waals surface area contributed by atoms with Crippen LogP contribution in [0.25, 0.3) is 0 Å². The summed E-state index contributed by atoms with van der Waals surface area (Å²) in [6, 6.07) is 7.56. The number of amides is 1. The summed E-state index contributed by atoms with van der Waals surface area (Å²) in [4.78, 5) is 14.1. The summed E-state index contributed by atoms with van der Waals surface area (Å²) in [5.41, 5.74) is 0.801. The lowest BCUT2D eigenvalue weighted by Crippen LogP contribution is -2.41. The number of hydrogen-bond acceptors (Lipinski definition) is 3. The van der Waals surface area contributed by atoms with Crippen molar-refractivity contribution in [3.05, 3.63) is 28.7 Å². The van der Waals surface area contributed by atoms with E-state index in [4.69, 9.17) is 0 Å². The summed E-state index contributed by atoms with van der Waals surface area (Å²) in [6.07, 6.45) is 2.11. The van der Waals surface area contributed by atoms with Crippen LogP contribution in [0.2, 0.25) is 0 Å². The van der Waals surface area contributed by atoms with E-state index in [1.807, 2.05) is 24.3 Å². The molecule has 1 fully saturated rings. The summed E-state index contributed by atoms with van der Waals surface area (Å²) in [6.45, 7) is 2.34. The van der Waals surface area contributed by atoms with Crippen molar-refractivity contribution in [1.82, 2.24) is 4.90 Å². The van der Waals surface area contributed by atoms with E-state index < -0.39 is 0 Å². The lowest BCUT2D eigenvalue weighted by molar-refractivity contribution is -0.117. The number of halogens is 1. The van der Waals surface area contributed by atoms with Crippen LogP contribution >= 0.6 is 15.9 Å². The number of carbonyl (C=O) groups excluding carboxylic acids is 1. The molecule has 1 amide bonds. The van der Waals surface area contributed by atoms with Crippen LogP contribution in [0.3, 0.4) is 0 Å². The average molecular weight is 327 g/mol. The Morgan fingerprint density at radius 1 is 1.53 bits per heavy atom. The zero-order chi connectivity index (χ0) is 13.7. The van der Waals surface area contributed by atoms with Crippen LogP contribution in [0.5, 0.6) is 0 Å². The molecule has 0 aromatic heterocycles. The topological polar surface area (TPSA) is 52.6 Å². The van der Waals surface area contributed by atoms with E-state index in [-0.39, 0.29) is 12.5 Å². The monoisotopic (exact) mass is 326 g/mol. The standard InChI is InChI=1S/C14H19BrN2O2/c15-12-4-1-5-13(7-12)16-14(19)9-17-6-2-3-11(8-17)10-18/h1,4-5,7,11,18H,2-3,6,8-10H2,(H,16,19). The second kappa shape index (κ2) is 7.03. The van der Waals surface area contributed by atoms with E-state index in [1.54, 1.807) is 0 Å². The molecule has 104 valence electrons. The maximum absolute atomic E-state index is 12.0. The molecule has 1 atom stereocenters. The molecule has 1 aromatic rings. The molecule has 2 rings (SSSR count). The Morgan fingerprint density at radius 3 is 3.11 bits per heavy atom. The molecule has 2 N–H and O–H groups in total. The van der Waals surface area contributed by atoms with Gasteiger partial charge in [0.25, 0.3) is 0 Å². The first-order valence-corrected chi connectivity index (χ1v) is 7.35. The minimum absolute atomic E-state index is 0.00307. The molecule has 0 spiro atoms. The SMILES string of the molecule is O=C(CN1CCCC(CO)C1)Nc1cccc(Br)c1. The predicted octanol–water partition coefficient (Wildman–Crippen LogP) is 2.09. The lowest BCUT2D eigenvalue weighted by Gasteiger charge is -2.31. The number of rotatable bonds is 4. The maximum Gasteiger partial charge on any atom is 0.238 e. The van der Waals surface area contributed by atoms with Gasteiger partial charge in [0.15, 0.2) is 0 Å². The first-order chi connectivity index (χ1) is 9.17. The van der Waals surface area contributed by atoms with Crippen molar-refractivity contribution in [1.29, 1.82) is 0 Å². The van der Waals surface area contributed by atoms with Crippen LogP contribution in [0.1, 0.15) is 12.8 Å². The van der Waals surface area contributed by atoms with Gasteiger partial charge in [0.2, 0.25) is 5.91 Å². The fraction of sp³-hybridized carbons (Fsp3) is 0.500. The third-order valence-electron chi connectivity index (χ3n) is 3.34. The number of benzene rings is 1. The van der Waals surface area contributed by atoms with Gasteiger partial charge in [-0.2, -0.15) is 0 Å². The third-order valence-corrected chi connectivity index (χ3v) is 3.83. The van der Waals surface area contributed by atoms with Crippen LogP contribution in [0.15, 0.2) is 28.7 Å². The third kappa shape index (κ3) is 4.60. The van der Waals surface area contributed by atoms with Gasteiger partial charge in [-0.05, 0) is 43.5 Å². The van der Waals surface area contributed by atoms with Crippen molar-refractivity contribution in [3.63, 3.8) is 0 Å². The number of carbonyl (C=O) groups is 1. The Hall–Kier alpha value is -0.910. The second-order valence-electron chi connectivity index (χ2n) is 4.98. The largest absolute Gasteiger partial charge is 0.396 e. The maximum atomic E-state index is 12.0. The number of nitrogens with one attached hydrogen (secondary N) is 1. The van der Waals surface area contributed by atoms with Crippen LogP contribution in [0.4, 0.5) is 5.69 Å². The molecule has 1 aromatic carbocycles. The van der Waals surface area contributed by atoms with Gasteiger partial charge in [-0.25, -0.2) is 0 Å². The van der Waals surface area contributed by atoms with Gasteiger partial charge in [0.05, 0.1) is 6.54 Å². The van der Waals surface area contributed by atoms with Crippen LogP contribution in [0, 0.1) is 5.92 Å². The van der Waals surface area contributed by atoms with Gasteiger partial charge >= 0.3 is 0 Å². The first kappa shape index (κ1) is 14.5. The van der Waals surface area contributed by atoms with Crippen molar-refractivity contribution in [2.45, 2.75) is 12.8 Å². The number of nitrogens with zero attached hydrogens (tertiary/aromatic N) is 1. The highest BCUT2D eigenvalue weighted by molar-refractivity contribution is 9.10. The predicted molar refractivity (Wildman–Crippen MR) is 79.0 cm³/mol. The molecule has 19 heavy (non-hydrogen) atoms. The summed E-state index contributed by atoms with van der Waals surface area (Å²) in [5.74, 6) is 0.309. The second-order valence-corrected chi connectivity index (χ2v) is 5.90. The highest BCUT2D eigenvalue weighted by Gasteiger charge is 2.20. The van der Waals surface area contributed by atoms with Gasteiger partial charge < -0.3 is 10.4 Å². The lowest BCUT2D eigenvalue weighted by atomic mass is 9.99. The summed E-state index contributed by atoms with van der Waals surface area (Å²) in [5, 5.41) is 12.1. The smallest absolute Gasteiger partial charge is 0.238 e. The van der Waals surface area contributed by atoms with Crippen LogP contribution in [-0.2, 0) is 4.79 Å². The Bertz CT molecular complexity index is 439. The first-order valence-electron chi connectivity index (χ1n) is 6.56. The highest BCUT2D eigenvalue weighted by atomic mass is 79.9. The molecule has 0 radical (unpaired) electrons. The quantitative estimate of drug-likeness (QED) is 0.890. The molecular formula is C14H19BrN2O2. The van der Waals surface area contributed by atoms with Gasteiger partial charge in [0, 0.05) is 23.3 Å². The Labute approximate surface area is 121 Å². The Morgan fingerprint density at radius 2 is 2.37 bits per heavy atom. The molecule has 1 saturated heterocycles. The van der Waals surface area contributed by atoms with Crippen molar-refractivity contribution in [2.24, 2.45) is 5.92 Å².